The maximum atomic E-state index is 12.6. The zero-order chi connectivity index (χ0) is 19.8. The molecule has 2 amide bonds. The molecule has 5 rings (SSSR count). The number of aromatic nitrogens is 6. The van der Waals surface area contributed by atoms with Crippen molar-refractivity contribution in [2.75, 3.05) is 10.6 Å². The number of anilines is 2. The molecule has 0 atom stereocenters. The van der Waals surface area contributed by atoms with Gasteiger partial charge in [0.1, 0.15) is 16.9 Å². The molecule has 0 spiro atoms. The Morgan fingerprint density at radius 3 is 2.69 bits per heavy atom. The number of rotatable bonds is 4. The van der Waals surface area contributed by atoms with E-state index < -0.39 is 5.91 Å². The molecule has 4 aromatic heterocycles. The number of para-hydroxylation sites is 1. The summed E-state index contributed by atoms with van der Waals surface area (Å²) in [5.74, 6) is -0.215. The van der Waals surface area contributed by atoms with Gasteiger partial charge in [-0.05, 0) is 24.3 Å². The zero-order valence-corrected chi connectivity index (χ0v) is 14.9. The van der Waals surface area contributed by atoms with Crippen LogP contribution in [0, 0.1) is 0 Å². The fraction of sp³-hybridized carbons (Fsp3) is 0. The van der Waals surface area contributed by atoms with Gasteiger partial charge in [-0.25, -0.2) is 15.0 Å². The summed E-state index contributed by atoms with van der Waals surface area (Å²) < 4.78 is 1.75. The number of pyridine rings is 1. The molecule has 29 heavy (non-hydrogen) atoms. The molecule has 0 saturated carbocycles. The lowest BCUT2D eigenvalue weighted by molar-refractivity contribution is 0.101. The van der Waals surface area contributed by atoms with Gasteiger partial charge < -0.3 is 14.4 Å². The van der Waals surface area contributed by atoms with E-state index in [-0.39, 0.29) is 17.5 Å². The van der Waals surface area contributed by atoms with Gasteiger partial charge in [0.25, 0.3) is 11.8 Å². The highest BCUT2D eigenvalue weighted by Crippen LogP contribution is 2.20. The highest BCUT2D eigenvalue weighted by Gasteiger charge is 2.17. The molecule has 0 bridgehead atoms. The molecular formula is C19H14N8O2. The number of hydrogen-bond acceptors (Lipinski definition) is 5. The second kappa shape index (κ2) is 6.60. The van der Waals surface area contributed by atoms with E-state index in [2.05, 4.69) is 35.6 Å². The molecule has 0 fully saturated rings. The van der Waals surface area contributed by atoms with Crippen LogP contribution in [0.4, 0.5) is 11.9 Å². The third-order valence-electron chi connectivity index (χ3n) is 4.32. The van der Waals surface area contributed by atoms with E-state index in [1.807, 2.05) is 24.4 Å². The Morgan fingerprint density at radius 2 is 1.86 bits per heavy atom. The van der Waals surface area contributed by atoms with Crippen LogP contribution in [0.5, 0.6) is 0 Å². The molecule has 0 aliphatic heterocycles. The first-order valence-electron chi connectivity index (χ1n) is 8.72. The van der Waals surface area contributed by atoms with Crippen molar-refractivity contribution >= 4 is 40.4 Å². The summed E-state index contributed by atoms with van der Waals surface area (Å²) in [7, 11) is 0. The van der Waals surface area contributed by atoms with Gasteiger partial charge in [0, 0.05) is 24.8 Å². The Labute approximate surface area is 163 Å². The van der Waals surface area contributed by atoms with Gasteiger partial charge >= 0.3 is 0 Å². The Bertz CT molecular complexity index is 1320. The summed E-state index contributed by atoms with van der Waals surface area (Å²) >= 11 is 0. The van der Waals surface area contributed by atoms with E-state index in [0.29, 0.717) is 28.2 Å². The molecule has 142 valence electrons. The van der Waals surface area contributed by atoms with E-state index in [1.165, 1.54) is 6.20 Å². The molecule has 10 nitrogen and oxygen atoms in total. The van der Waals surface area contributed by atoms with Crippen LogP contribution in [-0.4, -0.2) is 41.1 Å². The zero-order valence-electron chi connectivity index (χ0n) is 14.9. The summed E-state index contributed by atoms with van der Waals surface area (Å²) in [6.45, 7) is 0. The maximum Gasteiger partial charge on any atom is 0.278 e. The Hall–Kier alpha value is -4.47. The molecule has 0 aliphatic rings. The van der Waals surface area contributed by atoms with Crippen molar-refractivity contribution in [2.45, 2.75) is 0 Å². The molecular weight excluding hydrogens is 372 g/mol. The lowest BCUT2D eigenvalue weighted by Crippen LogP contribution is -2.14. The van der Waals surface area contributed by atoms with Crippen molar-refractivity contribution in [3.05, 3.63) is 72.4 Å². The standard InChI is InChI=1S/C19H14N8O2/c28-16(25-18-20-7-8-21-18)11-4-3-5-12-15(11)24-19(23-12)26-17(29)13-10-27-9-2-1-6-14(27)22-13/h1-10H,(H2,20,21,25,28)(H2,23,24,26,29). The number of hydrogen-bond donors (Lipinski definition) is 4. The van der Waals surface area contributed by atoms with Crippen LogP contribution in [0.1, 0.15) is 20.8 Å². The first-order chi connectivity index (χ1) is 14.2. The minimum absolute atomic E-state index is 0.223. The van der Waals surface area contributed by atoms with Gasteiger partial charge in [-0.2, -0.15) is 0 Å². The number of benzene rings is 1. The van der Waals surface area contributed by atoms with Crippen LogP contribution in [-0.2, 0) is 0 Å². The number of aromatic amines is 2. The van der Waals surface area contributed by atoms with Crippen molar-refractivity contribution in [1.82, 2.24) is 29.3 Å². The average Bonchev–Trinajstić information content (AvgIpc) is 3.46. The maximum absolute atomic E-state index is 12.6. The van der Waals surface area contributed by atoms with Crippen LogP contribution in [0.15, 0.2) is 61.2 Å². The second-order valence-corrected chi connectivity index (χ2v) is 6.23. The Morgan fingerprint density at radius 1 is 0.966 bits per heavy atom. The summed E-state index contributed by atoms with van der Waals surface area (Å²) in [5.41, 5.74) is 2.32. The Kier molecular flexibility index (Phi) is 3.80. The molecule has 5 aromatic rings. The molecule has 0 radical (unpaired) electrons. The molecule has 10 heteroatoms. The predicted molar refractivity (Wildman–Crippen MR) is 106 cm³/mol. The molecule has 0 unspecified atom stereocenters. The summed E-state index contributed by atoms with van der Waals surface area (Å²) in [6.07, 6.45) is 6.59. The number of carbonyl (C=O) groups excluding carboxylic acids is 2. The van der Waals surface area contributed by atoms with Crippen molar-refractivity contribution < 1.29 is 9.59 Å². The number of amides is 2. The highest BCUT2D eigenvalue weighted by atomic mass is 16.2. The molecule has 0 saturated heterocycles. The second-order valence-electron chi connectivity index (χ2n) is 6.23. The number of imidazole rings is 3. The summed E-state index contributed by atoms with van der Waals surface area (Å²) in [6, 6.07) is 10.7. The number of carbonyl (C=O) groups is 2. The highest BCUT2D eigenvalue weighted by molar-refractivity contribution is 6.11. The van der Waals surface area contributed by atoms with Gasteiger partial charge in [-0.1, -0.05) is 12.1 Å². The topological polar surface area (TPSA) is 133 Å². The molecule has 4 heterocycles. The minimum atomic E-state index is -0.408. The molecule has 1 aromatic carbocycles. The van der Waals surface area contributed by atoms with E-state index >= 15 is 0 Å². The number of H-pyrrole nitrogens is 2. The van der Waals surface area contributed by atoms with Crippen molar-refractivity contribution in [1.29, 1.82) is 0 Å². The van der Waals surface area contributed by atoms with Crippen LogP contribution in [0.3, 0.4) is 0 Å². The summed E-state index contributed by atoms with van der Waals surface area (Å²) in [5, 5.41) is 5.35. The van der Waals surface area contributed by atoms with Crippen LogP contribution < -0.4 is 10.6 Å². The first-order valence-corrected chi connectivity index (χ1v) is 8.72. The number of nitrogens with zero attached hydrogens (tertiary/aromatic N) is 4. The monoisotopic (exact) mass is 386 g/mol. The summed E-state index contributed by atoms with van der Waals surface area (Å²) in [4.78, 5) is 43.5. The third-order valence-corrected chi connectivity index (χ3v) is 4.32. The van der Waals surface area contributed by atoms with E-state index in [1.54, 1.807) is 35.0 Å². The lowest BCUT2D eigenvalue weighted by atomic mass is 10.2. The largest absolute Gasteiger partial charge is 0.331 e. The van der Waals surface area contributed by atoms with E-state index in [0.717, 1.165) is 0 Å². The van der Waals surface area contributed by atoms with Crippen LogP contribution in [0.2, 0.25) is 0 Å². The Balaban J connectivity index is 1.42. The van der Waals surface area contributed by atoms with Crippen molar-refractivity contribution in [3.63, 3.8) is 0 Å². The van der Waals surface area contributed by atoms with Gasteiger partial charge in [-0.15, -0.1) is 0 Å². The minimum Gasteiger partial charge on any atom is -0.331 e. The third kappa shape index (κ3) is 3.08. The lowest BCUT2D eigenvalue weighted by Gasteiger charge is -2.02. The number of fused-ring (bicyclic) bond motifs is 2. The van der Waals surface area contributed by atoms with Crippen LogP contribution in [0.25, 0.3) is 16.7 Å². The van der Waals surface area contributed by atoms with E-state index in [4.69, 9.17) is 0 Å². The van der Waals surface area contributed by atoms with Crippen molar-refractivity contribution in [3.8, 4) is 0 Å². The fourth-order valence-electron chi connectivity index (χ4n) is 3.00. The van der Waals surface area contributed by atoms with Crippen LogP contribution >= 0.6 is 0 Å². The molecule has 0 aliphatic carbocycles. The smallest absolute Gasteiger partial charge is 0.278 e. The number of nitrogens with one attached hydrogen (secondary N) is 4. The first kappa shape index (κ1) is 16.7. The van der Waals surface area contributed by atoms with Gasteiger partial charge in [0.15, 0.2) is 0 Å². The molecule has 4 N–H and O–H groups in total. The average molecular weight is 386 g/mol. The van der Waals surface area contributed by atoms with Crippen molar-refractivity contribution in [2.24, 2.45) is 0 Å². The fourth-order valence-corrected chi connectivity index (χ4v) is 3.00. The quantitative estimate of drug-likeness (QED) is 0.376. The van der Waals surface area contributed by atoms with Gasteiger partial charge in [-0.3, -0.25) is 20.2 Å². The SMILES string of the molecule is O=C(Nc1nc2c(C(=O)Nc3ncc[nH]3)cccc2[nH]1)c1cn2ccccc2n1. The predicted octanol–water partition coefficient (Wildman–Crippen LogP) is 2.44. The normalized spacial score (nSPS) is 11.0. The van der Waals surface area contributed by atoms with Gasteiger partial charge in [0.2, 0.25) is 11.9 Å². The van der Waals surface area contributed by atoms with E-state index in [9.17, 15) is 9.59 Å². The van der Waals surface area contributed by atoms with Gasteiger partial charge in [0.05, 0.1) is 11.1 Å².